The Morgan fingerprint density at radius 1 is 0.962 bits per heavy atom. The summed E-state index contributed by atoms with van der Waals surface area (Å²) in [6.07, 6.45) is 3.90. The quantitative estimate of drug-likeness (QED) is 0.253. The fourth-order valence-corrected chi connectivity index (χ4v) is 6.13. The normalized spacial score (nSPS) is 18.2. The van der Waals surface area contributed by atoms with Crippen molar-refractivity contribution in [2.45, 2.75) is 76.4 Å². The molecule has 0 spiro atoms. The summed E-state index contributed by atoms with van der Waals surface area (Å²) in [4.78, 5) is 85.7. The zero-order chi connectivity index (χ0) is 37.0. The molecule has 17 heteroatoms. The van der Waals surface area contributed by atoms with Gasteiger partial charge < -0.3 is 39.5 Å². The van der Waals surface area contributed by atoms with Crippen molar-refractivity contribution in [2.75, 3.05) is 53.0 Å². The van der Waals surface area contributed by atoms with Gasteiger partial charge in [-0.15, -0.1) is 5.06 Å². The molecule has 17 nitrogen and oxygen atoms in total. The zero-order valence-electron chi connectivity index (χ0n) is 29.6. The second-order valence-electron chi connectivity index (χ2n) is 12.9. The number of ether oxygens (including phenoxy) is 3. The lowest BCUT2D eigenvalue weighted by Gasteiger charge is -2.35. The second-order valence-corrected chi connectivity index (χ2v) is 12.9. The summed E-state index contributed by atoms with van der Waals surface area (Å²) >= 11 is 0. The third kappa shape index (κ3) is 9.98. The van der Waals surface area contributed by atoms with Crippen LogP contribution in [0.25, 0.3) is 5.69 Å². The van der Waals surface area contributed by atoms with Crippen molar-refractivity contribution in [3.8, 4) is 11.6 Å². The average Bonchev–Trinajstić information content (AvgIpc) is 3.81. The molecule has 0 unspecified atom stereocenters. The first-order valence-electron chi connectivity index (χ1n) is 17.8. The number of esters is 1. The van der Waals surface area contributed by atoms with Crippen molar-refractivity contribution in [1.29, 1.82) is 0 Å². The number of methoxy groups -OCH3 is 1. The summed E-state index contributed by atoms with van der Waals surface area (Å²) in [7, 11) is 1.24. The predicted octanol–water partition coefficient (Wildman–Crippen LogP) is 1.58. The van der Waals surface area contributed by atoms with Crippen molar-refractivity contribution in [3.05, 3.63) is 42.1 Å². The van der Waals surface area contributed by atoms with Crippen LogP contribution in [0.2, 0.25) is 0 Å². The number of likely N-dealkylation sites (tertiary alicyclic amines) is 1. The van der Waals surface area contributed by atoms with Crippen LogP contribution >= 0.6 is 0 Å². The van der Waals surface area contributed by atoms with Crippen LogP contribution in [0.15, 0.2) is 36.4 Å². The molecule has 282 valence electrons. The number of amides is 4. The van der Waals surface area contributed by atoms with Gasteiger partial charge in [0, 0.05) is 38.2 Å². The minimum atomic E-state index is -1.11. The first-order chi connectivity index (χ1) is 25.2. The molecule has 1 aromatic heterocycles. The molecule has 3 aliphatic rings. The maximum Gasteiger partial charge on any atom is 0.527 e. The first kappa shape index (κ1) is 38.1. The van der Waals surface area contributed by atoms with Gasteiger partial charge in [0.2, 0.25) is 17.7 Å². The number of hydrogen-bond donors (Lipinski definition) is 2. The van der Waals surface area contributed by atoms with Crippen molar-refractivity contribution in [1.82, 2.24) is 35.3 Å². The number of nitrogens with zero attached hydrogens (tertiary/aromatic N) is 5. The number of carbonyl (C=O) groups is 6. The van der Waals surface area contributed by atoms with E-state index < -0.39 is 36.0 Å². The van der Waals surface area contributed by atoms with E-state index in [9.17, 15) is 28.8 Å². The molecule has 5 rings (SSSR count). The number of carbonyl (C=O) groups excluding carboxylic acids is 6. The van der Waals surface area contributed by atoms with E-state index in [1.807, 2.05) is 13.0 Å². The molecule has 2 aliphatic heterocycles. The van der Waals surface area contributed by atoms with E-state index in [0.717, 1.165) is 19.3 Å². The van der Waals surface area contributed by atoms with E-state index in [0.29, 0.717) is 31.5 Å². The van der Waals surface area contributed by atoms with Crippen LogP contribution in [0, 0.1) is 0 Å². The Balaban J connectivity index is 1.26. The molecule has 2 aromatic rings. The topological polar surface area (TPSA) is 191 Å². The predicted molar refractivity (Wildman–Crippen MR) is 183 cm³/mol. The zero-order valence-corrected chi connectivity index (χ0v) is 29.6. The number of rotatable bonds is 15. The Bertz CT molecular complexity index is 1570. The minimum Gasteiger partial charge on any atom is -0.469 e. The van der Waals surface area contributed by atoms with Gasteiger partial charge in [-0.2, -0.15) is 5.10 Å². The summed E-state index contributed by atoms with van der Waals surface area (Å²) < 4.78 is 17.0. The summed E-state index contributed by atoms with van der Waals surface area (Å²) in [5.41, 5.74) is 0.463. The smallest absolute Gasteiger partial charge is 0.469 e. The number of piperazine rings is 1. The summed E-state index contributed by atoms with van der Waals surface area (Å²) in [5.74, 6) is -2.11. The molecule has 0 radical (unpaired) electrons. The Morgan fingerprint density at radius 3 is 2.38 bits per heavy atom. The third-order valence-corrected chi connectivity index (χ3v) is 9.23. The molecule has 4 amide bonds. The molecule has 2 atom stereocenters. The van der Waals surface area contributed by atoms with Gasteiger partial charge in [0.25, 0.3) is 11.8 Å². The Labute approximate surface area is 301 Å². The maximum atomic E-state index is 13.7. The maximum absolute atomic E-state index is 13.7. The highest BCUT2D eigenvalue weighted by atomic mass is 16.8. The monoisotopic (exact) mass is 725 g/mol. The molecular formula is C35H47N7O10. The Morgan fingerprint density at radius 2 is 1.71 bits per heavy atom. The molecule has 1 aliphatic carbocycles. The molecule has 0 bridgehead atoms. The van der Waals surface area contributed by atoms with Crippen molar-refractivity contribution in [3.63, 3.8) is 0 Å². The molecule has 3 fully saturated rings. The van der Waals surface area contributed by atoms with Gasteiger partial charge in [-0.3, -0.25) is 24.0 Å². The van der Waals surface area contributed by atoms with Gasteiger partial charge in [-0.25, -0.2) is 9.48 Å². The average molecular weight is 726 g/mol. The van der Waals surface area contributed by atoms with Crippen LogP contribution in [0.4, 0.5) is 4.79 Å². The summed E-state index contributed by atoms with van der Waals surface area (Å²) in [5, 5.41) is 11.6. The van der Waals surface area contributed by atoms with Crippen LogP contribution in [0.1, 0.15) is 68.8 Å². The highest BCUT2D eigenvalue weighted by molar-refractivity contribution is 5.96. The Hall–Kier alpha value is -5.19. The number of benzene rings is 1. The van der Waals surface area contributed by atoms with Gasteiger partial charge in [-0.05, 0) is 57.1 Å². The molecule has 1 aromatic carbocycles. The van der Waals surface area contributed by atoms with Crippen LogP contribution in [0.3, 0.4) is 0 Å². The van der Waals surface area contributed by atoms with Crippen molar-refractivity contribution < 1.29 is 47.8 Å². The molecule has 1 saturated carbocycles. The number of hydroxylamine groups is 2. The summed E-state index contributed by atoms with van der Waals surface area (Å²) in [6.45, 7) is 2.96. The van der Waals surface area contributed by atoms with Crippen LogP contribution in [-0.4, -0.2) is 132 Å². The van der Waals surface area contributed by atoms with Crippen molar-refractivity contribution in [2.24, 2.45) is 0 Å². The van der Waals surface area contributed by atoms with Gasteiger partial charge in [0.05, 0.1) is 32.5 Å². The fourth-order valence-electron chi connectivity index (χ4n) is 6.13. The number of hydrogen-bond acceptors (Lipinski definition) is 12. The van der Waals surface area contributed by atoms with E-state index in [4.69, 9.17) is 19.0 Å². The highest BCUT2D eigenvalue weighted by Gasteiger charge is 2.36. The molecular weight excluding hydrogens is 678 g/mol. The number of aromatic nitrogens is 2. The van der Waals surface area contributed by atoms with Crippen LogP contribution < -0.4 is 15.4 Å². The molecule has 2 N–H and O–H groups in total. The van der Waals surface area contributed by atoms with Gasteiger partial charge >= 0.3 is 12.1 Å². The van der Waals surface area contributed by atoms with Gasteiger partial charge in [-0.1, -0.05) is 25.1 Å². The van der Waals surface area contributed by atoms with Gasteiger partial charge in [0.15, 0.2) is 12.3 Å². The van der Waals surface area contributed by atoms with Crippen LogP contribution in [-0.2, 0) is 33.5 Å². The van der Waals surface area contributed by atoms with E-state index in [2.05, 4.69) is 15.7 Å². The lowest BCUT2D eigenvalue weighted by molar-refractivity contribution is -0.158. The van der Waals surface area contributed by atoms with Gasteiger partial charge in [0.1, 0.15) is 12.1 Å². The first-order valence-corrected chi connectivity index (χ1v) is 17.8. The summed E-state index contributed by atoms with van der Waals surface area (Å²) in [6, 6.07) is 8.73. The molecule has 3 heterocycles. The van der Waals surface area contributed by atoms with Crippen LogP contribution in [0.5, 0.6) is 5.88 Å². The van der Waals surface area contributed by atoms with E-state index in [1.54, 1.807) is 24.3 Å². The molecule has 52 heavy (non-hydrogen) atoms. The lowest BCUT2D eigenvalue weighted by Crippen LogP contribution is -2.55. The largest absolute Gasteiger partial charge is 0.527 e. The third-order valence-electron chi connectivity index (χ3n) is 9.23. The SMILES string of the molecule is CCCOC(=O)ON1CCN(C(=O)[C@H](CCC(=O)OC)NC(=O)c2cc(OCC(=O)N3CCC[C@H]3C(=O)NC3CCC3)n(-c3ccccc3)n2)CC1. The van der Waals surface area contributed by atoms with Crippen molar-refractivity contribution >= 4 is 35.8 Å². The van der Waals surface area contributed by atoms with E-state index >= 15 is 0 Å². The Kier molecular flexibility index (Phi) is 13.4. The van der Waals surface area contributed by atoms with E-state index in [1.165, 1.54) is 32.7 Å². The standard InChI is InChI=1S/C35H47N7O10/c1-3-21-50-35(48)52-40-19-17-39(18-20-40)34(47)26(14-15-31(44)49-2)37-32(45)27-22-30(42(38-27)25-11-5-4-6-12-25)51-23-29(43)41-16-8-13-28(41)33(46)36-24-9-7-10-24/h4-6,11-12,22,24,26,28H,3,7-10,13-21,23H2,1-2H3,(H,36,46)(H,37,45)/t26-,28-/m0/s1. The minimum absolute atomic E-state index is 0.0418. The number of nitrogens with one attached hydrogen (secondary N) is 2. The number of para-hydroxylation sites is 1. The fraction of sp³-hybridized carbons (Fsp3) is 0.571. The molecule has 2 saturated heterocycles. The lowest BCUT2D eigenvalue weighted by atomic mass is 9.93. The second kappa shape index (κ2) is 18.3. The van der Waals surface area contributed by atoms with E-state index in [-0.39, 0.29) is 81.7 Å². The highest BCUT2D eigenvalue weighted by Crippen LogP contribution is 2.24.